The van der Waals surface area contributed by atoms with Crippen molar-refractivity contribution in [2.45, 2.75) is 13.5 Å². The number of hydrogen-bond donors (Lipinski definition) is 2. The molecule has 3 rings (SSSR count). The summed E-state index contributed by atoms with van der Waals surface area (Å²) in [5, 5.41) is 7.24. The Labute approximate surface area is 201 Å². The van der Waals surface area contributed by atoms with Crippen LogP contribution in [-0.2, 0) is 16.2 Å². The van der Waals surface area contributed by atoms with E-state index >= 15 is 0 Å². The molecule has 0 aliphatic carbocycles. The van der Waals surface area contributed by atoms with Crippen molar-refractivity contribution in [2.24, 2.45) is 5.10 Å². The van der Waals surface area contributed by atoms with E-state index < -0.39 is 11.8 Å². The lowest BCUT2D eigenvalue weighted by molar-refractivity contribution is -0.136. The van der Waals surface area contributed by atoms with Gasteiger partial charge in [-0.1, -0.05) is 47.5 Å². The molecular weight excluding hydrogens is 465 g/mol. The first-order valence-corrected chi connectivity index (χ1v) is 10.7. The SMILES string of the molecule is CCOc1cc(/C=N/NC(=O)C(=O)Nc2ccccc2Cl)ccc1OCc1ccc(Cl)cc1. The smallest absolute Gasteiger partial charge is 0.329 e. The van der Waals surface area contributed by atoms with Gasteiger partial charge in [0.15, 0.2) is 11.5 Å². The first kappa shape index (κ1) is 24.1. The van der Waals surface area contributed by atoms with Crippen molar-refractivity contribution >= 4 is 46.9 Å². The van der Waals surface area contributed by atoms with E-state index in [1.54, 1.807) is 54.6 Å². The highest BCUT2D eigenvalue weighted by atomic mass is 35.5. The summed E-state index contributed by atoms with van der Waals surface area (Å²) in [6.07, 6.45) is 1.40. The fraction of sp³-hybridized carbons (Fsp3) is 0.125. The van der Waals surface area contributed by atoms with Crippen molar-refractivity contribution in [3.63, 3.8) is 0 Å². The van der Waals surface area contributed by atoms with Crippen LogP contribution >= 0.6 is 23.2 Å². The molecule has 2 amide bonds. The Morgan fingerprint density at radius 2 is 1.70 bits per heavy atom. The molecule has 3 aromatic carbocycles. The summed E-state index contributed by atoms with van der Waals surface area (Å²) in [5.41, 5.74) is 4.12. The minimum absolute atomic E-state index is 0.323. The van der Waals surface area contributed by atoms with E-state index in [-0.39, 0.29) is 0 Å². The summed E-state index contributed by atoms with van der Waals surface area (Å²) in [6.45, 7) is 2.65. The molecule has 0 radical (unpaired) electrons. The summed E-state index contributed by atoms with van der Waals surface area (Å²) in [4.78, 5) is 24.0. The van der Waals surface area contributed by atoms with Crippen LogP contribution in [-0.4, -0.2) is 24.6 Å². The van der Waals surface area contributed by atoms with Crippen molar-refractivity contribution in [2.75, 3.05) is 11.9 Å². The molecule has 170 valence electrons. The number of nitrogens with one attached hydrogen (secondary N) is 2. The third kappa shape index (κ3) is 7.24. The average Bonchev–Trinajstić information content (AvgIpc) is 2.81. The summed E-state index contributed by atoms with van der Waals surface area (Å²) < 4.78 is 11.5. The molecule has 7 nitrogen and oxygen atoms in total. The van der Waals surface area contributed by atoms with Crippen LogP contribution in [0.25, 0.3) is 0 Å². The number of carbonyl (C=O) groups is 2. The Morgan fingerprint density at radius 1 is 0.939 bits per heavy atom. The zero-order chi connectivity index (χ0) is 23.6. The van der Waals surface area contributed by atoms with E-state index in [1.165, 1.54) is 6.21 Å². The monoisotopic (exact) mass is 485 g/mol. The average molecular weight is 486 g/mol. The van der Waals surface area contributed by atoms with Crippen molar-refractivity contribution in [3.8, 4) is 11.5 Å². The number of halogens is 2. The lowest BCUT2D eigenvalue weighted by Gasteiger charge is -2.12. The minimum Gasteiger partial charge on any atom is -0.490 e. The summed E-state index contributed by atoms with van der Waals surface area (Å²) >= 11 is 11.9. The second-order valence-electron chi connectivity index (χ2n) is 6.69. The highest BCUT2D eigenvalue weighted by Gasteiger charge is 2.14. The van der Waals surface area contributed by atoms with Crippen LogP contribution < -0.4 is 20.2 Å². The fourth-order valence-corrected chi connectivity index (χ4v) is 3.00. The van der Waals surface area contributed by atoms with Gasteiger partial charge in [0.1, 0.15) is 6.61 Å². The number of amides is 2. The molecule has 2 N–H and O–H groups in total. The number of ether oxygens (including phenoxy) is 2. The van der Waals surface area contributed by atoms with E-state index in [0.717, 1.165) is 5.56 Å². The molecule has 0 unspecified atom stereocenters. The fourth-order valence-electron chi connectivity index (χ4n) is 2.69. The summed E-state index contributed by atoms with van der Waals surface area (Å²) in [6, 6.07) is 19.2. The first-order chi connectivity index (χ1) is 16.0. The molecule has 0 aliphatic heterocycles. The molecule has 0 aromatic heterocycles. The topological polar surface area (TPSA) is 89.0 Å². The number of hydrazone groups is 1. The molecule has 33 heavy (non-hydrogen) atoms. The van der Waals surface area contributed by atoms with Crippen LogP contribution in [0.15, 0.2) is 71.8 Å². The first-order valence-electron chi connectivity index (χ1n) is 9.99. The predicted molar refractivity (Wildman–Crippen MR) is 129 cm³/mol. The van der Waals surface area contributed by atoms with E-state index in [9.17, 15) is 9.59 Å². The van der Waals surface area contributed by atoms with E-state index in [4.69, 9.17) is 32.7 Å². The number of anilines is 1. The van der Waals surface area contributed by atoms with Gasteiger partial charge in [-0.05, 0) is 60.5 Å². The molecule has 0 saturated heterocycles. The molecule has 9 heteroatoms. The van der Waals surface area contributed by atoms with Crippen molar-refractivity contribution in [1.29, 1.82) is 0 Å². The molecule has 0 spiro atoms. The van der Waals surface area contributed by atoms with Gasteiger partial charge in [0.2, 0.25) is 0 Å². The van der Waals surface area contributed by atoms with Gasteiger partial charge in [-0.15, -0.1) is 0 Å². The Kier molecular flexibility index (Phi) is 8.69. The van der Waals surface area contributed by atoms with Crippen molar-refractivity contribution in [3.05, 3.63) is 87.9 Å². The minimum atomic E-state index is -0.931. The maximum absolute atomic E-state index is 12.0. The highest BCUT2D eigenvalue weighted by Crippen LogP contribution is 2.29. The number of hydrogen-bond acceptors (Lipinski definition) is 5. The van der Waals surface area contributed by atoms with Crippen LogP contribution in [0, 0.1) is 0 Å². The standard InChI is InChI=1S/C24H21Cl2N3O4/c1-2-32-22-13-17(9-12-21(22)33-15-16-7-10-18(25)11-8-16)14-27-29-24(31)23(30)28-20-6-4-3-5-19(20)26/h3-14H,2,15H2,1H3,(H,28,30)(H,29,31)/b27-14+. The summed E-state index contributed by atoms with van der Waals surface area (Å²) in [5.74, 6) is -0.731. The van der Waals surface area contributed by atoms with Gasteiger partial charge in [0.25, 0.3) is 0 Å². The van der Waals surface area contributed by atoms with Crippen LogP contribution in [0.5, 0.6) is 11.5 Å². The Balaban J connectivity index is 1.59. The molecular formula is C24H21Cl2N3O4. The predicted octanol–water partition coefficient (Wildman–Crippen LogP) is 5.06. The zero-order valence-corrected chi connectivity index (χ0v) is 19.2. The van der Waals surface area contributed by atoms with Gasteiger partial charge in [-0.25, -0.2) is 5.43 Å². The number of nitrogens with zero attached hydrogens (tertiary/aromatic N) is 1. The van der Waals surface area contributed by atoms with E-state index in [2.05, 4.69) is 15.8 Å². The maximum atomic E-state index is 12.0. The molecule has 0 bridgehead atoms. The Morgan fingerprint density at radius 3 is 2.42 bits per heavy atom. The van der Waals surface area contributed by atoms with E-state index in [0.29, 0.717) is 46.0 Å². The number of benzene rings is 3. The van der Waals surface area contributed by atoms with Gasteiger partial charge < -0.3 is 14.8 Å². The molecule has 0 heterocycles. The van der Waals surface area contributed by atoms with Gasteiger partial charge in [-0.2, -0.15) is 5.10 Å². The maximum Gasteiger partial charge on any atom is 0.329 e. The van der Waals surface area contributed by atoms with Gasteiger partial charge in [0, 0.05) is 5.02 Å². The lowest BCUT2D eigenvalue weighted by atomic mass is 10.2. The molecule has 0 aliphatic rings. The van der Waals surface area contributed by atoms with Gasteiger partial charge in [0.05, 0.1) is 23.5 Å². The van der Waals surface area contributed by atoms with Crippen LogP contribution in [0.1, 0.15) is 18.1 Å². The largest absolute Gasteiger partial charge is 0.490 e. The number of rotatable bonds is 8. The van der Waals surface area contributed by atoms with Crippen LogP contribution in [0.4, 0.5) is 5.69 Å². The normalized spacial score (nSPS) is 10.6. The van der Waals surface area contributed by atoms with Gasteiger partial charge >= 0.3 is 11.8 Å². The Hall–Kier alpha value is -3.55. The quantitative estimate of drug-likeness (QED) is 0.265. The second kappa shape index (κ2) is 11.9. The van der Waals surface area contributed by atoms with Crippen LogP contribution in [0.3, 0.4) is 0 Å². The summed E-state index contributed by atoms with van der Waals surface area (Å²) in [7, 11) is 0. The molecule has 0 saturated carbocycles. The Bertz CT molecular complexity index is 1150. The molecule has 0 atom stereocenters. The third-order valence-corrected chi connectivity index (χ3v) is 4.86. The number of para-hydroxylation sites is 1. The second-order valence-corrected chi connectivity index (χ2v) is 7.53. The molecule has 0 fully saturated rings. The van der Waals surface area contributed by atoms with Crippen molar-refractivity contribution in [1.82, 2.24) is 5.43 Å². The van der Waals surface area contributed by atoms with Gasteiger partial charge in [-0.3, -0.25) is 9.59 Å². The lowest BCUT2D eigenvalue weighted by Crippen LogP contribution is -2.32. The van der Waals surface area contributed by atoms with E-state index in [1.807, 2.05) is 19.1 Å². The molecule has 3 aromatic rings. The van der Waals surface area contributed by atoms with Crippen LogP contribution in [0.2, 0.25) is 10.0 Å². The highest BCUT2D eigenvalue weighted by molar-refractivity contribution is 6.41. The zero-order valence-electron chi connectivity index (χ0n) is 17.7. The number of carbonyl (C=O) groups excluding carboxylic acids is 2. The third-order valence-electron chi connectivity index (χ3n) is 4.28. The van der Waals surface area contributed by atoms with Crippen molar-refractivity contribution < 1.29 is 19.1 Å².